The number of sulfone groups is 1. The van der Waals surface area contributed by atoms with Crippen LogP contribution in [0.15, 0.2) is 29.2 Å². The van der Waals surface area contributed by atoms with Gasteiger partial charge in [0.25, 0.3) is 6.43 Å². The van der Waals surface area contributed by atoms with Crippen molar-refractivity contribution in [3.05, 3.63) is 29.8 Å². The minimum atomic E-state index is -3.55. The van der Waals surface area contributed by atoms with E-state index in [-0.39, 0.29) is 22.8 Å². The highest BCUT2D eigenvalue weighted by molar-refractivity contribution is 7.91. The molecule has 0 spiro atoms. The first-order valence-electron chi connectivity index (χ1n) is 5.17. The number of nitrogens with zero attached hydrogens (tertiary/aromatic N) is 1. The molecule has 0 heterocycles. The lowest BCUT2D eigenvalue weighted by Gasteiger charge is -2.06. The molecule has 1 rings (SSSR count). The van der Waals surface area contributed by atoms with Crippen molar-refractivity contribution in [2.24, 2.45) is 0 Å². The fourth-order valence-electron chi connectivity index (χ4n) is 1.29. The number of hydrogen-bond acceptors (Lipinski definition) is 4. The normalized spacial score (nSPS) is 11.4. The van der Waals surface area contributed by atoms with Crippen molar-refractivity contribution in [1.82, 2.24) is 5.32 Å². The number of alkyl halides is 2. The molecule has 1 aromatic carbocycles. The van der Waals surface area contributed by atoms with E-state index in [1.54, 1.807) is 0 Å². The smallest absolute Gasteiger partial charge is 0.250 e. The Hall–Kier alpha value is -1.52. The first-order valence-corrected chi connectivity index (χ1v) is 6.83. The quantitative estimate of drug-likeness (QED) is 0.791. The first-order chi connectivity index (χ1) is 8.45. The molecular formula is C11H12F2N2O2S. The Bertz CT molecular complexity index is 538. The SMILES string of the molecule is N#Cc1cccc(S(=O)(=O)CCNCC(F)F)c1. The molecule has 0 unspecified atom stereocenters. The Balaban J connectivity index is 2.66. The second kappa shape index (κ2) is 6.42. The summed E-state index contributed by atoms with van der Waals surface area (Å²) in [6.45, 7) is -0.586. The highest BCUT2D eigenvalue weighted by Crippen LogP contribution is 2.12. The van der Waals surface area contributed by atoms with Crippen molar-refractivity contribution in [2.75, 3.05) is 18.8 Å². The zero-order chi connectivity index (χ0) is 13.6. The topological polar surface area (TPSA) is 70.0 Å². The maximum Gasteiger partial charge on any atom is 0.250 e. The van der Waals surface area contributed by atoms with E-state index in [1.807, 2.05) is 6.07 Å². The van der Waals surface area contributed by atoms with E-state index >= 15 is 0 Å². The molecule has 98 valence electrons. The van der Waals surface area contributed by atoms with Gasteiger partial charge in [-0.2, -0.15) is 5.26 Å². The van der Waals surface area contributed by atoms with Gasteiger partial charge in [0.2, 0.25) is 0 Å². The van der Waals surface area contributed by atoms with Crippen LogP contribution in [0.4, 0.5) is 8.78 Å². The molecule has 0 saturated carbocycles. The molecule has 0 aromatic heterocycles. The van der Waals surface area contributed by atoms with Crippen molar-refractivity contribution >= 4 is 9.84 Å². The van der Waals surface area contributed by atoms with Gasteiger partial charge in [0.1, 0.15) is 0 Å². The average molecular weight is 274 g/mol. The number of benzene rings is 1. The monoisotopic (exact) mass is 274 g/mol. The number of halogens is 2. The van der Waals surface area contributed by atoms with E-state index in [1.165, 1.54) is 24.3 Å². The first kappa shape index (κ1) is 14.5. The van der Waals surface area contributed by atoms with Gasteiger partial charge in [-0.3, -0.25) is 0 Å². The molecule has 0 radical (unpaired) electrons. The van der Waals surface area contributed by atoms with E-state index in [9.17, 15) is 17.2 Å². The van der Waals surface area contributed by atoms with E-state index in [0.717, 1.165) is 0 Å². The summed E-state index contributed by atoms with van der Waals surface area (Å²) in [5.41, 5.74) is 0.247. The summed E-state index contributed by atoms with van der Waals surface area (Å²) >= 11 is 0. The van der Waals surface area contributed by atoms with E-state index in [4.69, 9.17) is 5.26 Å². The molecule has 4 nitrogen and oxygen atoms in total. The summed E-state index contributed by atoms with van der Waals surface area (Å²) in [4.78, 5) is 0.0281. The van der Waals surface area contributed by atoms with Gasteiger partial charge in [-0.05, 0) is 18.2 Å². The molecule has 0 amide bonds. The van der Waals surface area contributed by atoms with Crippen LogP contribution in [0.5, 0.6) is 0 Å². The zero-order valence-corrected chi connectivity index (χ0v) is 10.3. The van der Waals surface area contributed by atoms with Crippen LogP contribution >= 0.6 is 0 Å². The van der Waals surface area contributed by atoms with E-state index in [0.29, 0.717) is 0 Å². The lowest BCUT2D eigenvalue weighted by molar-refractivity contribution is 0.147. The van der Waals surface area contributed by atoms with Gasteiger partial charge in [0.15, 0.2) is 9.84 Å². The van der Waals surface area contributed by atoms with Crippen LogP contribution in [0.3, 0.4) is 0 Å². The summed E-state index contributed by atoms with van der Waals surface area (Å²) < 4.78 is 47.3. The largest absolute Gasteiger partial charge is 0.310 e. The minimum absolute atomic E-state index is 0.0281. The summed E-state index contributed by atoms with van der Waals surface area (Å²) in [5, 5.41) is 11.0. The number of nitrogens with one attached hydrogen (secondary N) is 1. The van der Waals surface area contributed by atoms with Crippen molar-refractivity contribution in [3.8, 4) is 6.07 Å². The van der Waals surface area contributed by atoms with Crippen LogP contribution in [-0.2, 0) is 9.84 Å². The van der Waals surface area contributed by atoms with Crippen LogP contribution in [0.25, 0.3) is 0 Å². The third-order valence-corrected chi connectivity index (χ3v) is 3.88. The van der Waals surface area contributed by atoms with Crippen molar-refractivity contribution in [3.63, 3.8) is 0 Å². The third-order valence-electron chi connectivity index (χ3n) is 2.17. The highest BCUT2D eigenvalue weighted by atomic mass is 32.2. The fourth-order valence-corrected chi connectivity index (χ4v) is 2.54. The molecule has 0 saturated heterocycles. The Morgan fingerprint density at radius 2 is 2.11 bits per heavy atom. The Morgan fingerprint density at radius 3 is 2.72 bits per heavy atom. The second-order valence-corrected chi connectivity index (χ2v) is 5.66. The van der Waals surface area contributed by atoms with Gasteiger partial charge < -0.3 is 5.32 Å². The molecule has 0 fully saturated rings. The molecule has 1 N–H and O–H groups in total. The maximum absolute atomic E-state index is 11.8. The van der Waals surface area contributed by atoms with Crippen molar-refractivity contribution in [1.29, 1.82) is 5.26 Å². The predicted octanol–water partition coefficient (Wildman–Crippen LogP) is 1.19. The fraction of sp³-hybridized carbons (Fsp3) is 0.364. The summed E-state index contributed by atoms with van der Waals surface area (Å²) in [7, 11) is -3.55. The zero-order valence-electron chi connectivity index (χ0n) is 9.44. The maximum atomic E-state index is 11.8. The van der Waals surface area contributed by atoms with Gasteiger partial charge in [0.05, 0.1) is 28.8 Å². The Labute approximate surface area is 104 Å². The van der Waals surface area contributed by atoms with Gasteiger partial charge in [-0.25, -0.2) is 17.2 Å². The molecule has 7 heteroatoms. The van der Waals surface area contributed by atoms with Crippen molar-refractivity contribution in [2.45, 2.75) is 11.3 Å². The summed E-state index contributed by atoms with van der Waals surface area (Å²) in [6, 6.07) is 7.45. The lowest BCUT2D eigenvalue weighted by atomic mass is 10.2. The second-order valence-electron chi connectivity index (χ2n) is 3.55. The van der Waals surface area contributed by atoms with Crippen LogP contribution in [-0.4, -0.2) is 33.7 Å². The van der Waals surface area contributed by atoms with Crippen LogP contribution < -0.4 is 5.32 Å². The minimum Gasteiger partial charge on any atom is -0.310 e. The average Bonchev–Trinajstić information content (AvgIpc) is 2.34. The van der Waals surface area contributed by atoms with Gasteiger partial charge in [-0.1, -0.05) is 6.07 Å². The molecule has 18 heavy (non-hydrogen) atoms. The molecule has 0 bridgehead atoms. The molecule has 0 aliphatic carbocycles. The van der Waals surface area contributed by atoms with Crippen molar-refractivity contribution < 1.29 is 17.2 Å². The lowest BCUT2D eigenvalue weighted by Crippen LogP contribution is -2.27. The van der Waals surface area contributed by atoms with E-state index < -0.39 is 22.8 Å². The van der Waals surface area contributed by atoms with Gasteiger partial charge >= 0.3 is 0 Å². The van der Waals surface area contributed by atoms with E-state index in [2.05, 4.69) is 5.32 Å². The summed E-state index contributed by atoms with van der Waals surface area (Å²) in [6.07, 6.45) is -2.50. The number of nitriles is 1. The molecule has 0 aliphatic heterocycles. The Morgan fingerprint density at radius 1 is 1.39 bits per heavy atom. The molecule has 0 aliphatic rings. The molecule has 0 atom stereocenters. The summed E-state index contributed by atoms with van der Waals surface area (Å²) in [5.74, 6) is -0.283. The number of rotatable bonds is 6. The molecule has 1 aromatic rings. The van der Waals surface area contributed by atoms with Gasteiger partial charge in [0, 0.05) is 6.54 Å². The Kier molecular flexibility index (Phi) is 5.19. The third kappa shape index (κ3) is 4.39. The predicted molar refractivity (Wildman–Crippen MR) is 62.1 cm³/mol. The van der Waals surface area contributed by atoms with Gasteiger partial charge in [-0.15, -0.1) is 0 Å². The van der Waals surface area contributed by atoms with Crippen LogP contribution in [0, 0.1) is 11.3 Å². The number of hydrogen-bond donors (Lipinski definition) is 1. The van der Waals surface area contributed by atoms with Crippen LogP contribution in [0.1, 0.15) is 5.56 Å². The standard InChI is InChI=1S/C11H12F2N2O2S/c12-11(13)8-15-4-5-18(16,17)10-3-1-2-9(6-10)7-14/h1-3,6,11,15H,4-5,8H2. The molecular weight excluding hydrogens is 262 g/mol. The highest BCUT2D eigenvalue weighted by Gasteiger charge is 2.14. The van der Waals surface area contributed by atoms with Crippen LogP contribution in [0.2, 0.25) is 0 Å².